The number of anilines is 1. The first-order valence-corrected chi connectivity index (χ1v) is 11.8. The second-order valence-corrected chi connectivity index (χ2v) is 8.73. The number of hydrogen-bond acceptors (Lipinski definition) is 6. The van der Waals surface area contributed by atoms with Crippen LogP contribution in [0.15, 0.2) is 52.4 Å². The van der Waals surface area contributed by atoms with Crippen LogP contribution >= 0.6 is 11.3 Å². The van der Waals surface area contributed by atoms with E-state index in [0.717, 1.165) is 59.9 Å². The van der Waals surface area contributed by atoms with Crippen molar-refractivity contribution >= 4 is 23.1 Å². The van der Waals surface area contributed by atoms with Crippen LogP contribution in [0.2, 0.25) is 0 Å². The molecule has 0 aliphatic carbocycles. The lowest BCUT2D eigenvalue weighted by Gasteiger charge is -2.28. The Morgan fingerprint density at radius 3 is 2.68 bits per heavy atom. The number of ether oxygens (including phenoxy) is 1. The Hall–Kier alpha value is -2.64. The van der Waals surface area contributed by atoms with Gasteiger partial charge < -0.3 is 19.1 Å². The number of aromatic nitrogens is 1. The highest BCUT2D eigenvalue weighted by atomic mass is 32.1. The molecule has 0 atom stereocenters. The van der Waals surface area contributed by atoms with Gasteiger partial charge in [-0.05, 0) is 37.1 Å². The summed E-state index contributed by atoms with van der Waals surface area (Å²) in [6.45, 7) is 3.60. The van der Waals surface area contributed by atoms with E-state index in [2.05, 4.69) is 10.1 Å². The molecule has 1 aliphatic rings. The van der Waals surface area contributed by atoms with Crippen LogP contribution in [0.25, 0.3) is 11.3 Å². The first kappa shape index (κ1) is 21.6. The second-order valence-electron chi connectivity index (χ2n) is 7.78. The minimum atomic E-state index is 0.0379. The van der Waals surface area contributed by atoms with Crippen molar-refractivity contribution < 1.29 is 14.1 Å². The van der Waals surface area contributed by atoms with Gasteiger partial charge in [0.25, 0.3) is 5.91 Å². The van der Waals surface area contributed by atoms with E-state index in [0.29, 0.717) is 19.7 Å². The molecule has 1 aromatic carbocycles. The van der Waals surface area contributed by atoms with Gasteiger partial charge in [-0.25, -0.2) is 0 Å². The second kappa shape index (κ2) is 10.6. The first-order chi connectivity index (χ1) is 15.3. The number of amides is 1. The smallest absolute Gasteiger partial charge is 0.264 e. The third kappa shape index (κ3) is 5.17. The van der Waals surface area contributed by atoms with Crippen molar-refractivity contribution in [3.63, 3.8) is 0 Å². The molecule has 164 valence electrons. The zero-order chi connectivity index (χ0) is 21.5. The van der Waals surface area contributed by atoms with Crippen molar-refractivity contribution in [3.8, 4) is 11.3 Å². The van der Waals surface area contributed by atoms with Gasteiger partial charge in [0.05, 0.1) is 17.0 Å². The summed E-state index contributed by atoms with van der Waals surface area (Å²) in [6, 6.07) is 13.9. The van der Waals surface area contributed by atoms with Crippen molar-refractivity contribution in [3.05, 3.63) is 58.3 Å². The Morgan fingerprint density at radius 2 is 1.97 bits per heavy atom. The van der Waals surface area contributed by atoms with Gasteiger partial charge in [-0.1, -0.05) is 41.6 Å². The highest BCUT2D eigenvalue weighted by Crippen LogP contribution is 2.34. The Balaban J connectivity index is 1.68. The van der Waals surface area contributed by atoms with Crippen molar-refractivity contribution in [2.75, 3.05) is 38.3 Å². The molecule has 3 aromatic rings. The van der Waals surface area contributed by atoms with Gasteiger partial charge in [0.1, 0.15) is 5.69 Å². The van der Waals surface area contributed by atoms with Crippen molar-refractivity contribution in [1.29, 1.82) is 0 Å². The zero-order valence-electron chi connectivity index (χ0n) is 18.0. The molecule has 1 fully saturated rings. The van der Waals surface area contributed by atoms with Crippen molar-refractivity contribution in [2.45, 2.75) is 32.2 Å². The lowest BCUT2D eigenvalue weighted by Crippen LogP contribution is -2.34. The van der Waals surface area contributed by atoms with Crippen LogP contribution in [0, 0.1) is 0 Å². The molecule has 0 unspecified atom stereocenters. The van der Waals surface area contributed by atoms with E-state index in [4.69, 9.17) is 9.26 Å². The van der Waals surface area contributed by atoms with E-state index in [1.165, 1.54) is 17.8 Å². The summed E-state index contributed by atoms with van der Waals surface area (Å²) in [5.41, 5.74) is 2.80. The Morgan fingerprint density at radius 1 is 1.16 bits per heavy atom. The molecular weight excluding hydrogens is 410 g/mol. The van der Waals surface area contributed by atoms with E-state index in [-0.39, 0.29) is 5.91 Å². The van der Waals surface area contributed by atoms with E-state index in [9.17, 15) is 4.79 Å². The maximum absolute atomic E-state index is 13.3. The maximum atomic E-state index is 13.3. The van der Waals surface area contributed by atoms with Gasteiger partial charge in [-0.2, -0.15) is 0 Å². The molecule has 0 spiro atoms. The summed E-state index contributed by atoms with van der Waals surface area (Å²) in [4.78, 5) is 18.2. The summed E-state index contributed by atoms with van der Waals surface area (Å²) in [5.74, 6) is 0.838. The molecular formula is C24H29N3O3S. The molecule has 0 N–H and O–H groups in total. The Bertz CT molecular complexity index is 950. The normalized spacial score (nSPS) is 14.0. The molecule has 1 amide bonds. The van der Waals surface area contributed by atoms with Crippen molar-refractivity contribution in [1.82, 2.24) is 10.1 Å². The van der Waals surface area contributed by atoms with Gasteiger partial charge in [-0.3, -0.25) is 4.79 Å². The zero-order valence-corrected chi connectivity index (χ0v) is 18.8. The summed E-state index contributed by atoms with van der Waals surface area (Å²) >= 11 is 1.47. The molecule has 0 saturated carbocycles. The predicted molar refractivity (Wildman–Crippen MR) is 124 cm³/mol. The third-order valence-corrected chi connectivity index (χ3v) is 6.46. The number of rotatable bonds is 9. The van der Waals surface area contributed by atoms with E-state index < -0.39 is 0 Å². The summed E-state index contributed by atoms with van der Waals surface area (Å²) < 4.78 is 11.1. The molecule has 2 aromatic heterocycles. The van der Waals surface area contributed by atoms with Gasteiger partial charge in [-0.15, -0.1) is 11.3 Å². The Kier molecular flexibility index (Phi) is 7.38. The van der Waals surface area contributed by atoms with Crippen LogP contribution in [0.1, 0.15) is 40.9 Å². The van der Waals surface area contributed by atoms with Crippen LogP contribution in [-0.4, -0.2) is 49.3 Å². The number of thiophene rings is 1. The highest BCUT2D eigenvalue weighted by Gasteiger charge is 2.27. The van der Waals surface area contributed by atoms with Crippen molar-refractivity contribution in [2.24, 2.45) is 0 Å². The number of hydrogen-bond donors (Lipinski definition) is 0. The minimum Gasteiger partial charge on any atom is -0.385 e. The van der Waals surface area contributed by atoms with Crippen LogP contribution in [-0.2, 0) is 11.3 Å². The SMILES string of the molecule is COCCCN(Cc1c(-c2ccccc2)noc1N1CCCCC1)C(=O)c1cccs1. The average Bonchev–Trinajstić information content (AvgIpc) is 3.50. The van der Waals surface area contributed by atoms with Gasteiger partial charge >= 0.3 is 0 Å². The predicted octanol–water partition coefficient (Wildman–Crippen LogP) is 5.07. The maximum Gasteiger partial charge on any atom is 0.264 e. The first-order valence-electron chi connectivity index (χ1n) is 10.9. The van der Waals surface area contributed by atoms with Gasteiger partial charge in [0.2, 0.25) is 5.88 Å². The van der Waals surface area contributed by atoms with E-state index in [1.807, 2.05) is 52.7 Å². The monoisotopic (exact) mass is 439 g/mol. The highest BCUT2D eigenvalue weighted by molar-refractivity contribution is 7.12. The lowest BCUT2D eigenvalue weighted by atomic mass is 10.1. The summed E-state index contributed by atoms with van der Waals surface area (Å²) in [5, 5.41) is 6.40. The van der Waals surface area contributed by atoms with Crippen LogP contribution in [0.3, 0.4) is 0 Å². The minimum absolute atomic E-state index is 0.0379. The van der Waals surface area contributed by atoms with Gasteiger partial charge in [0.15, 0.2) is 0 Å². The molecule has 1 aliphatic heterocycles. The molecule has 0 radical (unpaired) electrons. The van der Waals surface area contributed by atoms with Crippen LogP contribution < -0.4 is 4.90 Å². The van der Waals surface area contributed by atoms with E-state index in [1.54, 1.807) is 7.11 Å². The molecule has 31 heavy (non-hydrogen) atoms. The number of piperidine rings is 1. The lowest BCUT2D eigenvalue weighted by molar-refractivity contribution is 0.0729. The third-order valence-electron chi connectivity index (χ3n) is 5.60. The number of nitrogens with zero attached hydrogens (tertiary/aromatic N) is 3. The van der Waals surface area contributed by atoms with Crippen LogP contribution in [0.5, 0.6) is 0 Å². The fraction of sp³-hybridized carbons (Fsp3) is 0.417. The Labute approximate surface area is 187 Å². The summed E-state index contributed by atoms with van der Waals surface area (Å²) in [7, 11) is 1.69. The fourth-order valence-electron chi connectivity index (χ4n) is 4.01. The van der Waals surface area contributed by atoms with Gasteiger partial charge in [0, 0.05) is 38.9 Å². The molecule has 4 rings (SSSR count). The molecule has 6 nitrogen and oxygen atoms in total. The number of carbonyl (C=O) groups excluding carboxylic acids is 1. The number of benzene rings is 1. The topological polar surface area (TPSA) is 58.8 Å². The molecule has 1 saturated heterocycles. The summed E-state index contributed by atoms with van der Waals surface area (Å²) in [6.07, 6.45) is 4.31. The average molecular weight is 440 g/mol. The number of methoxy groups -OCH3 is 1. The quantitative estimate of drug-likeness (QED) is 0.436. The molecule has 0 bridgehead atoms. The number of carbonyl (C=O) groups is 1. The fourth-order valence-corrected chi connectivity index (χ4v) is 4.70. The molecule has 7 heteroatoms. The standard InChI is InChI=1S/C24H29N3O3S/c1-29-16-9-15-27(23(28)21-12-8-17-31-21)18-20-22(19-10-4-2-5-11-19)25-30-24(20)26-13-6-3-7-14-26/h2,4-5,8,10-12,17H,3,6-7,9,13-16,18H2,1H3. The van der Waals surface area contributed by atoms with Crippen LogP contribution in [0.4, 0.5) is 5.88 Å². The molecule has 3 heterocycles. The largest absolute Gasteiger partial charge is 0.385 e. The van der Waals surface area contributed by atoms with E-state index >= 15 is 0 Å².